The van der Waals surface area contributed by atoms with Crippen LogP contribution in [0.3, 0.4) is 0 Å². The second-order valence-corrected chi connectivity index (χ2v) is 6.29. The molecule has 0 spiro atoms. The predicted octanol–water partition coefficient (Wildman–Crippen LogP) is 2.31. The molecule has 2 atom stereocenters. The van der Waals surface area contributed by atoms with E-state index in [2.05, 4.69) is 10.2 Å². The summed E-state index contributed by atoms with van der Waals surface area (Å²) in [5, 5.41) is 3.37. The van der Waals surface area contributed by atoms with E-state index in [9.17, 15) is 4.79 Å². The van der Waals surface area contributed by atoms with E-state index in [1.165, 1.54) is 51.4 Å². The van der Waals surface area contributed by atoms with Crippen molar-refractivity contribution in [3.63, 3.8) is 0 Å². The molecular weight excluding hydrogens is 224 g/mol. The molecule has 0 aromatic carbocycles. The minimum absolute atomic E-state index is 0.134. The second kappa shape index (κ2) is 5.60. The Hall–Kier alpha value is -0.570. The Balaban J connectivity index is 1.64. The Morgan fingerprint density at radius 3 is 2.50 bits per heavy atom. The van der Waals surface area contributed by atoms with Crippen molar-refractivity contribution in [2.45, 2.75) is 69.9 Å². The first-order valence-electron chi connectivity index (χ1n) is 7.90. The van der Waals surface area contributed by atoms with E-state index < -0.39 is 0 Å². The molecule has 3 fully saturated rings. The molecule has 1 amide bonds. The zero-order valence-electron chi connectivity index (χ0n) is 11.4. The fourth-order valence-corrected chi connectivity index (χ4v) is 4.17. The lowest BCUT2D eigenvalue weighted by Crippen LogP contribution is -2.48. The molecule has 0 radical (unpaired) electrons. The van der Waals surface area contributed by atoms with E-state index >= 15 is 0 Å². The molecule has 3 aliphatic rings. The van der Waals surface area contributed by atoms with Crippen molar-refractivity contribution in [1.29, 1.82) is 0 Å². The highest BCUT2D eigenvalue weighted by atomic mass is 16.2. The molecule has 3 nitrogen and oxygen atoms in total. The molecule has 1 unspecified atom stereocenters. The van der Waals surface area contributed by atoms with Crippen molar-refractivity contribution < 1.29 is 4.79 Å². The first-order valence-corrected chi connectivity index (χ1v) is 7.90. The number of carbonyl (C=O) groups is 1. The number of likely N-dealkylation sites (tertiary alicyclic amines) is 1. The maximum atomic E-state index is 12.6. The van der Waals surface area contributed by atoms with Crippen LogP contribution in [0.25, 0.3) is 0 Å². The number of rotatable bonds is 2. The summed E-state index contributed by atoms with van der Waals surface area (Å²) in [6.07, 6.45) is 11.6. The Morgan fingerprint density at radius 2 is 1.78 bits per heavy atom. The fourth-order valence-electron chi connectivity index (χ4n) is 4.17. The van der Waals surface area contributed by atoms with Gasteiger partial charge in [0.1, 0.15) is 0 Å². The van der Waals surface area contributed by atoms with Gasteiger partial charge in [-0.3, -0.25) is 4.79 Å². The molecule has 0 aromatic heterocycles. The van der Waals surface area contributed by atoms with Crippen LogP contribution in [0.15, 0.2) is 0 Å². The number of nitrogens with one attached hydrogen (secondary N) is 1. The number of carbonyl (C=O) groups excluding carboxylic acids is 1. The number of hydrogen-bond donors (Lipinski definition) is 1. The molecule has 2 heterocycles. The summed E-state index contributed by atoms with van der Waals surface area (Å²) < 4.78 is 0. The Labute approximate surface area is 110 Å². The van der Waals surface area contributed by atoms with Crippen LogP contribution >= 0.6 is 0 Å². The summed E-state index contributed by atoms with van der Waals surface area (Å²) in [7, 11) is 0. The van der Waals surface area contributed by atoms with Crippen molar-refractivity contribution in [3.8, 4) is 0 Å². The van der Waals surface area contributed by atoms with Gasteiger partial charge in [-0.05, 0) is 51.0 Å². The maximum absolute atomic E-state index is 12.6. The van der Waals surface area contributed by atoms with Gasteiger partial charge in [0, 0.05) is 12.6 Å². The average Bonchev–Trinajstić information content (AvgIpc) is 3.10. The third-order valence-electron chi connectivity index (χ3n) is 5.13. The third-order valence-corrected chi connectivity index (χ3v) is 5.13. The largest absolute Gasteiger partial charge is 0.338 e. The van der Waals surface area contributed by atoms with Crippen LogP contribution in [0.5, 0.6) is 0 Å². The van der Waals surface area contributed by atoms with Crippen molar-refractivity contribution in [2.24, 2.45) is 5.92 Å². The minimum Gasteiger partial charge on any atom is -0.338 e. The van der Waals surface area contributed by atoms with Crippen LogP contribution in [-0.2, 0) is 4.79 Å². The molecule has 2 saturated heterocycles. The molecule has 3 rings (SSSR count). The van der Waals surface area contributed by atoms with Crippen LogP contribution in [-0.4, -0.2) is 36.0 Å². The molecule has 0 bridgehead atoms. The third kappa shape index (κ3) is 2.42. The van der Waals surface area contributed by atoms with Gasteiger partial charge in [0.25, 0.3) is 0 Å². The highest BCUT2D eigenvalue weighted by molar-refractivity contribution is 5.82. The Bertz CT molecular complexity index is 293. The molecule has 102 valence electrons. The Kier molecular flexibility index (Phi) is 3.88. The molecular formula is C15H26N2O. The molecule has 1 aliphatic carbocycles. The summed E-state index contributed by atoms with van der Waals surface area (Å²) >= 11 is 0. The zero-order valence-corrected chi connectivity index (χ0v) is 11.4. The van der Waals surface area contributed by atoms with Gasteiger partial charge < -0.3 is 10.2 Å². The van der Waals surface area contributed by atoms with Gasteiger partial charge in [0.15, 0.2) is 0 Å². The maximum Gasteiger partial charge on any atom is 0.239 e. The lowest BCUT2D eigenvalue weighted by atomic mass is 9.83. The number of amides is 1. The quantitative estimate of drug-likeness (QED) is 0.815. The van der Waals surface area contributed by atoms with Crippen molar-refractivity contribution in [1.82, 2.24) is 10.2 Å². The molecule has 2 aliphatic heterocycles. The van der Waals surface area contributed by atoms with E-state index in [1.54, 1.807) is 0 Å². The van der Waals surface area contributed by atoms with Gasteiger partial charge in [-0.15, -0.1) is 0 Å². The minimum atomic E-state index is 0.134. The molecule has 1 saturated carbocycles. The average molecular weight is 250 g/mol. The first kappa shape index (κ1) is 12.5. The first-order chi connectivity index (χ1) is 8.86. The normalized spacial score (nSPS) is 34.1. The summed E-state index contributed by atoms with van der Waals surface area (Å²) in [4.78, 5) is 14.8. The van der Waals surface area contributed by atoms with Crippen LogP contribution in [0.1, 0.15) is 57.8 Å². The van der Waals surface area contributed by atoms with Gasteiger partial charge >= 0.3 is 0 Å². The van der Waals surface area contributed by atoms with Gasteiger partial charge in [-0.2, -0.15) is 0 Å². The smallest absolute Gasteiger partial charge is 0.239 e. The molecule has 1 N–H and O–H groups in total. The van der Waals surface area contributed by atoms with Crippen LogP contribution in [0.2, 0.25) is 0 Å². The second-order valence-electron chi connectivity index (χ2n) is 6.29. The monoisotopic (exact) mass is 250 g/mol. The highest BCUT2D eigenvalue weighted by Crippen LogP contribution is 2.34. The molecule has 3 heteroatoms. The number of hydrogen-bond acceptors (Lipinski definition) is 2. The van der Waals surface area contributed by atoms with Gasteiger partial charge in [-0.1, -0.05) is 19.3 Å². The standard InChI is InChI=1S/C15H26N2O/c18-15(13-8-4-10-16-13)17-11-5-9-14(17)12-6-2-1-3-7-12/h12-14,16H,1-11H2/t13-,14?/m0/s1. The van der Waals surface area contributed by atoms with Crippen LogP contribution < -0.4 is 5.32 Å². The van der Waals surface area contributed by atoms with E-state index in [-0.39, 0.29) is 6.04 Å². The van der Waals surface area contributed by atoms with E-state index in [4.69, 9.17) is 0 Å². The predicted molar refractivity (Wildman–Crippen MR) is 72.3 cm³/mol. The lowest BCUT2D eigenvalue weighted by Gasteiger charge is -2.35. The van der Waals surface area contributed by atoms with Gasteiger partial charge in [0.2, 0.25) is 5.91 Å². The fraction of sp³-hybridized carbons (Fsp3) is 0.933. The summed E-state index contributed by atoms with van der Waals surface area (Å²) in [5.74, 6) is 1.20. The summed E-state index contributed by atoms with van der Waals surface area (Å²) in [5.41, 5.74) is 0. The SMILES string of the molecule is O=C([C@@H]1CCCN1)N1CCCC1C1CCCCC1. The van der Waals surface area contributed by atoms with Gasteiger partial charge in [-0.25, -0.2) is 0 Å². The van der Waals surface area contributed by atoms with E-state index in [0.717, 1.165) is 25.4 Å². The van der Waals surface area contributed by atoms with E-state index in [0.29, 0.717) is 11.9 Å². The van der Waals surface area contributed by atoms with Crippen LogP contribution in [0.4, 0.5) is 0 Å². The van der Waals surface area contributed by atoms with Gasteiger partial charge in [0.05, 0.1) is 6.04 Å². The summed E-state index contributed by atoms with van der Waals surface area (Å²) in [6, 6.07) is 0.703. The highest BCUT2D eigenvalue weighted by Gasteiger charge is 2.38. The number of nitrogens with zero attached hydrogens (tertiary/aromatic N) is 1. The van der Waals surface area contributed by atoms with E-state index in [1.807, 2.05) is 0 Å². The Morgan fingerprint density at radius 1 is 0.944 bits per heavy atom. The summed E-state index contributed by atoms with van der Waals surface area (Å²) in [6.45, 7) is 2.04. The molecule has 18 heavy (non-hydrogen) atoms. The zero-order chi connectivity index (χ0) is 12.4. The lowest BCUT2D eigenvalue weighted by molar-refractivity contribution is -0.135. The van der Waals surface area contributed by atoms with Crippen LogP contribution in [0, 0.1) is 5.92 Å². The topological polar surface area (TPSA) is 32.3 Å². The van der Waals surface area contributed by atoms with Crippen molar-refractivity contribution in [2.75, 3.05) is 13.1 Å². The van der Waals surface area contributed by atoms with Crippen molar-refractivity contribution in [3.05, 3.63) is 0 Å². The van der Waals surface area contributed by atoms with Crippen molar-refractivity contribution >= 4 is 5.91 Å². The molecule has 0 aromatic rings.